The number of nitrogen functional groups attached to an aromatic ring is 1. The van der Waals surface area contributed by atoms with Gasteiger partial charge < -0.3 is 11.5 Å². The fourth-order valence-electron chi connectivity index (χ4n) is 1.69. The highest BCUT2D eigenvalue weighted by Gasteiger charge is 2.25. The van der Waals surface area contributed by atoms with Crippen molar-refractivity contribution in [2.45, 2.75) is 26.3 Å². The van der Waals surface area contributed by atoms with Crippen LogP contribution in [0.25, 0.3) is 11.3 Å². The number of rotatable bonds is 3. The molecule has 0 fully saturated rings. The number of anilines is 1. The van der Waals surface area contributed by atoms with Crippen LogP contribution in [0.3, 0.4) is 0 Å². The van der Waals surface area contributed by atoms with Crippen molar-refractivity contribution < 1.29 is 0 Å². The number of hydrogen-bond donors (Lipinski definition) is 2. The van der Waals surface area contributed by atoms with Crippen molar-refractivity contribution in [3.63, 3.8) is 0 Å². The normalized spacial score (nSPS) is 14.4. The molecule has 0 aromatic carbocycles. The Kier molecular flexibility index (Phi) is 3.48. The van der Waals surface area contributed by atoms with Gasteiger partial charge in [0.25, 0.3) is 0 Å². The van der Waals surface area contributed by atoms with E-state index in [0.29, 0.717) is 5.92 Å². The molecule has 0 aliphatic heterocycles. The maximum absolute atomic E-state index is 6.31. The lowest BCUT2D eigenvalue weighted by atomic mass is 9.83. The van der Waals surface area contributed by atoms with E-state index in [0.717, 1.165) is 16.8 Å². The number of pyridine rings is 1. The summed E-state index contributed by atoms with van der Waals surface area (Å²) in [5.41, 5.74) is 14.0. The van der Waals surface area contributed by atoms with Gasteiger partial charge in [-0.05, 0) is 24.5 Å². The summed E-state index contributed by atoms with van der Waals surface area (Å²) in [5, 5.41) is 0. The van der Waals surface area contributed by atoms with Crippen molar-refractivity contribution in [3.05, 3.63) is 36.3 Å². The van der Waals surface area contributed by atoms with Gasteiger partial charge in [0.05, 0.1) is 5.69 Å². The molecule has 19 heavy (non-hydrogen) atoms. The maximum atomic E-state index is 6.31. The topological polar surface area (TPSA) is 90.7 Å². The first-order chi connectivity index (χ1) is 8.91. The van der Waals surface area contributed by atoms with Gasteiger partial charge in [0.15, 0.2) is 0 Å². The maximum Gasteiger partial charge on any atom is 0.219 e. The molecule has 0 amide bonds. The van der Waals surface area contributed by atoms with E-state index in [4.69, 9.17) is 11.5 Å². The van der Waals surface area contributed by atoms with Crippen molar-refractivity contribution >= 4 is 5.95 Å². The standard InChI is InChI=1S/C14H19N5/c1-9(2)14(3,16)11-4-5-12(17-8-11)10-6-18-13(15)19-7-10/h4-9H,16H2,1-3H3,(H2,15,18,19)/t14-/m1/s1. The minimum atomic E-state index is -0.386. The Morgan fingerprint density at radius 3 is 2.16 bits per heavy atom. The summed E-state index contributed by atoms with van der Waals surface area (Å²) in [5.74, 6) is 0.592. The lowest BCUT2D eigenvalue weighted by Gasteiger charge is -2.29. The minimum Gasteiger partial charge on any atom is -0.368 e. The Hall–Kier alpha value is -2.01. The minimum absolute atomic E-state index is 0.259. The van der Waals surface area contributed by atoms with E-state index >= 15 is 0 Å². The van der Waals surface area contributed by atoms with Gasteiger partial charge in [-0.2, -0.15) is 0 Å². The summed E-state index contributed by atoms with van der Waals surface area (Å²) in [4.78, 5) is 12.3. The highest BCUT2D eigenvalue weighted by atomic mass is 15.0. The summed E-state index contributed by atoms with van der Waals surface area (Å²) < 4.78 is 0. The Bertz CT molecular complexity index is 543. The summed E-state index contributed by atoms with van der Waals surface area (Å²) >= 11 is 0. The average Bonchev–Trinajstić information content (AvgIpc) is 2.39. The monoisotopic (exact) mass is 257 g/mol. The highest BCUT2D eigenvalue weighted by Crippen LogP contribution is 2.26. The fraction of sp³-hybridized carbons (Fsp3) is 0.357. The molecule has 0 saturated carbocycles. The first-order valence-corrected chi connectivity index (χ1v) is 6.24. The van der Waals surface area contributed by atoms with Crippen molar-refractivity contribution in [2.75, 3.05) is 5.73 Å². The Labute approximate surface area is 113 Å². The predicted molar refractivity (Wildman–Crippen MR) is 76.1 cm³/mol. The molecule has 0 radical (unpaired) electrons. The van der Waals surface area contributed by atoms with Gasteiger partial charge >= 0.3 is 0 Å². The van der Waals surface area contributed by atoms with Crippen LogP contribution in [0.4, 0.5) is 5.95 Å². The van der Waals surface area contributed by atoms with Crippen molar-refractivity contribution in [1.29, 1.82) is 0 Å². The van der Waals surface area contributed by atoms with E-state index in [1.165, 1.54) is 0 Å². The number of hydrogen-bond acceptors (Lipinski definition) is 5. The molecule has 5 nitrogen and oxygen atoms in total. The zero-order valence-electron chi connectivity index (χ0n) is 11.5. The zero-order valence-corrected chi connectivity index (χ0v) is 11.5. The Balaban J connectivity index is 2.31. The van der Waals surface area contributed by atoms with Crippen molar-refractivity contribution in [1.82, 2.24) is 15.0 Å². The molecule has 4 N–H and O–H groups in total. The van der Waals surface area contributed by atoms with E-state index < -0.39 is 0 Å². The van der Waals surface area contributed by atoms with Crippen molar-refractivity contribution in [2.24, 2.45) is 11.7 Å². The molecule has 0 aliphatic rings. The van der Waals surface area contributed by atoms with Crippen LogP contribution in [0.15, 0.2) is 30.7 Å². The predicted octanol–water partition coefficient (Wildman–Crippen LogP) is 1.95. The smallest absolute Gasteiger partial charge is 0.219 e. The van der Waals surface area contributed by atoms with Gasteiger partial charge in [0.2, 0.25) is 5.95 Å². The van der Waals surface area contributed by atoms with Crippen LogP contribution in [0.5, 0.6) is 0 Å². The third-order valence-corrected chi connectivity index (χ3v) is 3.55. The van der Waals surface area contributed by atoms with E-state index in [1.54, 1.807) is 12.4 Å². The van der Waals surface area contributed by atoms with Crippen LogP contribution in [0, 0.1) is 5.92 Å². The van der Waals surface area contributed by atoms with Crippen LogP contribution >= 0.6 is 0 Å². The molecule has 5 heteroatoms. The van der Waals surface area contributed by atoms with Crippen LogP contribution in [0.2, 0.25) is 0 Å². The van der Waals surface area contributed by atoms with Gasteiger partial charge in [-0.15, -0.1) is 0 Å². The molecule has 2 rings (SSSR count). The molecule has 1 atom stereocenters. The van der Waals surface area contributed by atoms with Gasteiger partial charge in [-0.3, -0.25) is 4.98 Å². The SMILES string of the molecule is CC(C)[C@@](C)(N)c1ccc(-c2cnc(N)nc2)nc1. The van der Waals surface area contributed by atoms with Gasteiger partial charge in [-0.1, -0.05) is 19.9 Å². The molecule has 0 unspecified atom stereocenters. The van der Waals surface area contributed by atoms with Crippen LogP contribution in [-0.4, -0.2) is 15.0 Å². The third-order valence-electron chi connectivity index (χ3n) is 3.55. The van der Waals surface area contributed by atoms with E-state index in [9.17, 15) is 0 Å². The molecule has 2 heterocycles. The number of nitrogens with two attached hydrogens (primary N) is 2. The highest BCUT2D eigenvalue weighted by molar-refractivity contribution is 5.57. The van der Waals surface area contributed by atoms with E-state index in [2.05, 4.69) is 28.8 Å². The lowest BCUT2D eigenvalue weighted by Crippen LogP contribution is -2.38. The van der Waals surface area contributed by atoms with Gasteiger partial charge in [-0.25, -0.2) is 9.97 Å². The van der Waals surface area contributed by atoms with Crippen LogP contribution < -0.4 is 11.5 Å². The van der Waals surface area contributed by atoms with Crippen LogP contribution in [-0.2, 0) is 5.54 Å². The summed E-state index contributed by atoms with van der Waals surface area (Å²) in [6, 6.07) is 3.93. The van der Waals surface area contributed by atoms with Gasteiger partial charge in [0.1, 0.15) is 0 Å². The second-order valence-electron chi connectivity index (χ2n) is 5.20. The lowest BCUT2D eigenvalue weighted by molar-refractivity contribution is 0.350. The quantitative estimate of drug-likeness (QED) is 0.877. The molecule has 0 bridgehead atoms. The summed E-state index contributed by atoms with van der Waals surface area (Å²) in [6.45, 7) is 6.21. The van der Waals surface area contributed by atoms with E-state index in [1.807, 2.05) is 25.3 Å². The second kappa shape index (κ2) is 4.93. The first-order valence-electron chi connectivity index (χ1n) is 6.24. The Morgan fingerprint density at radius 1 is 1.05 bits per heavy atom. The summed E-state index contributed by atoms with van der Waals surface area (Å²) in [7, 11) is 0. The van der Waals surface area contributed by atoms with Gasteiger partial charge in [0, 0.05) is 29.7 Å². The molecule has 0 aliphatic carbocycles. The Morgan fingerprint density at radius 2 is 1.68 bits per heavy atom. The molecule has 0 saturated heterocycles. The molecular weight excluding hydrogens is 238 g/mol. The molecule has 0 spiro atoms. The second-order valence-corrected chi connectivity index (χ2v) is 5.20. The largest absolute Gasteiger partial charge is 0.368 e. The number of nitrogens with zero attached hydrogens (tertiary/aromatic N) is 3. The molecule has 2 aromatic rings. The molecule has 2 aromatic heterocycles. The van der Waals surface area contributed by atoms with E-state index in [-0.39, 0.29) is 11.5 Å². The molecular formula is C14H19N5. The first kappa shape index (κ1) is 13.4. The average molecular weight is 257 g/mol. The van der Waals surface area contributed by atoms with Crippen molar-refractivity contribution in [3.8, 4) is 11.3 Å². The zero-order chi connectivity index (χ0) is 14.0. The fourth-order valence-corrected chi connectivity index (χ4v) is 1.69. The summed E-state index contributed by atoms with van der Waals surface area (Å²) in [6.07, 6.45) is 5.13. The number of aromatic nitrogens is 3. The van der Waals surface area contributed by atoms with Crippen LogP contribution in [0.1, 0.15) is 26.3 Å². The third kappa shape index (κ3) is 2.71. The molecule has 100 valence electrons.